The molecule has 4 rings (SSSR count). The van der Waals surface area contributed by atoms with Gasteiger partial charge in [-0.25, -0.2) is 8.78 Å². The fourth-order valence-electron chi connectivity index (χ4n) is 4.07. The minimum atomic E-state index is -1.02. The summed E-state index contributed by atoms with van der Waals surface area (Å²) in [4.78, 5) is 26.1. The van der Waals surface area contributed by atoms with Gasteiger partial charge in [-0.05, 0) is 69.6 Å². The van der Waals surface area contributed by atoms with Crippen molar-refractivity contribution in [1.82, 2.24) is 9.88 Å². The summed E-state index contributed by atoms with van der Waals surface area (Å²) in [6.45, 7) is 3.94. The van der Waals surface area contributed by atoms with Gasteiger partial charge in [-0.3, -0.25) is 9.59 Å². The van der Waals surface area contributed by atoms with Gasteiger partial charge in [0.05, 0.1) is 5.56 Å². The Morgan fingerprint density at radius 1 is 1.28 bits per heavy atom. The number of hydrogen-bond acceptors (Lipinski definition) is 2. The molecule has 1 saturated carbocycles. The van der Waals surface area contributed by atoms with E-state index in [1.54, 1.807) is 11.6 Å². The Labute approximate surface area is 168 Å². The second-order valence-corrected chi connectivity index (χ2v) is 8.78. The van der Waals surface area contributed by atoms with Crippen molar-refractivity contribution in [2.45, 2.75) is 51.5 Å². The molecule has 5 nitrogen and oxygen atoms in total. The van der Waals surface area contributed by atoms with Gasteiger partial charge in [0.25, 0.3) is 11.8 Å². The zero-order valence-corrected chi connectivity index (χ0v) is 16.9. The van der Waals surface area contributed by atoms with E-state index in [2.05, 4.69) is 10.6 Å². The van der Waals surface area contributed by atoms with Crippen LogP contribution in [-0.4, -0.2) is 21.9 Å². The lowest BCUT2D eigenvalue weighted by atomic mass is 9.96. The van der Waals surface area contributed by atoms with Crippen LogP contribution in [-0.2, 0) is 19.9 Å². The number of benzene rings is 1. The minimum absolute atomic E-state index is 0.152. The average molecular weight is 401 g/mol. The van der Waals surface area contributed by atoms with Crippen molar-refractivity contribution in [3.63, 3.8) is 0 Å². The minimum Gasteiger partial charge on any atom is -0.347 e. The normalized spacial score (nSPS) is 18.0. The first kappa shape index (κ1) is 19.6. The molecule has 2 aromatic rings. The molecular formula is C22H25F2N3O2. The van der Waals surface area contributed by atoms with Crippen molar-refractivity contribution < 1.29 is 18.4 Å². The molecule has 7 heteroatoms. The SMILES string of the molecule is Cn1c(CC2CC2)c2c(c1C(=O)Nc1ccc(F)c(F)c1)CCC(C)(C)NC2=O. The van der Waals surface area contributed by atoms with Crippen molar-refractivity contribution in [3.8, 4) is 0 Å². The number of rotatable bonds is 4. The van der Waals surface area contributed by atoms with E-state index >= 15 is 0 Å². The zero-order valence-electron chi connectivity index (χ0n) is 16.9. The standard InChI is InChI=1S/C22H25F2N3O2/c1-22(2)9-8-14-18(20(28)26-22)17(10-12-4-5-12)27(3)19(14)21(29)25-13-6-7-15(23)16(24)11-13/h6-7,11-12H,4-5,8-10H2,1-3H3,(H,25,29)(H,26,28). The maximum Gasteiger partial charge on any atom is 0.272 e. The number of fused-ring (bicyclic) bond motifs is 1. The van der Waals surface area contributed by atoms with E-state index in [-0.39, 0.29) is 17.1 Å². The van der Waals surface area contributed by atoms with Gasteiger partial charge < -0.3 is 15.2 Å². The molecule has 1 aliphatic heterocycles. The fourth-order valence-corrected chi connectivity index (χ4v) is 4.07. The summed E-state index contributed by atoms with van der Waals surface area (Å²) in [7, 11) is 1.80. The highest BCUT2D eigenvalue weighted by Gasteiger charge is 2.36. The molecule has 0 atom stereocenters. The van der Waals surface area contributed by atoms with E-state index in [0.717, 1.165) is 42.7 Å². The molecule has 0 unspecified atom stereocenters. The predicted molar refractivity (Wildman–Crippen MR) is 106 cm³/mol. The first-order valence-electron chi connectivity index (χ1n) is 9.95. The van der Waals surface area contributed by atoms with Crippen LogP contribution in [0.5, 0.6) is 0 Å². The number of nitrogens with one attached hydrogen (secondary N) is 2. The maximum atomic E-state index is 13.5. The highest BCUT2D eigenvalue weighted by molar-refractivity contribution is 6.08. The maximum absolute atomic E-state index is 13.5. The number of halogens is 2. The number of hydrogen-bond donors (Lipinski definition) is 2. The molecule has 1 aromatic carbocycles. The van der Waals surface area contributed by atoms with Crippen LogP contribution in [0.25, 0.3) is 0 Å². The molecule has 0 bridgehead atoms. The van der Waals surface area contributed by atoms with Crippen LogP contribution < -0.4 is 10.6 Å². The molecule has 2 amide bonds. The smallest absolute Gasteiger partial charge is 0.272 e. The topological polar surface area (TPSA) is 63.1 Å². The predicted octanol–water partition coefficient (Wildman–Crippen LogP) is 3.96. The van der Waals surface area contributed by atoms with Crippen LogP contribution >= 0.6 is 0 Å². The van der Waals surface area contributed by atoms with Gasteiger partial charge in [-0.15, -0.1) is 0 Å². The summed E-state index contributed by atoms with van der Waals surface area (Å²) in [6.07, 6.45) is 4.29. The summed E-state index contributed by atoms with van der Waals surface area (Å²) in [5.41, 5.74) is 2.41. The third-order valence-corrected chi connectivity index (χ3v) is 5.87. The van der Waals surface area contributed by atoms with E-state index in [0.29, 0.717) is 30.0 Å². The van der Waals surface area contributed by atoms with Gasteiger partial charge in [0.15, 0.2) is 11.6 Å². The lowest BCUT2D eigenvalue weighted by molar-refractivity contribution is 0.0914. The van der Waals surface area contributed by atoms with Crippen LogP contribution in [0.3, 0.4) is 0 Å². The molecule has 0 spiro atoms. The molecule has 0 radical (unpaired) electrons. The zero-order chi connectivity index (χ0) is 20.9. The van der Waals surface area contributed by atoms with Crippen molar-refractivity contribution >= 4 is 17.5 Å². The summed E-state index contributed by atoms with van der Waals surface area (Å²) < 4.78 is 28.6. The molecule has 1 aromatic heterocycles. The van der Waals surface area contributed by atoms with Gasteiger partial charge in [0, 0.05) is 30.0 Å². The fraction of sp³-hybridized carbons (Fsp3) is 0.455. The molecule has 2 aliphatic rings. The average Bonchev–Trinajstić information content (AvgIpc) is 3.41. The van der Waals surface area contributed by atoms with Crippen LogP contribution in [0, 0.1) is 17.6 Å². The molecule has 0 saturated heterocycles. The third kappa shape index (κ3) is 3.78. The Morgan fingerprint density at radius 2 is 2.00 bits per heavy atom. The molecule has 1 aliphatic carbocycles. The van der Waals surface area contributed by atoms with Crippen LogP contribution in [0.1, 0.15) is 65.2 Å². The Bertz CT molecular complexity index is 1010. The largest absolute Gasteiger partial charge is 0.347 e. The van der Waals surface area contributed by atoms with E-state index in [9.17, 15) is 18.4 Å². The quantitative estimate of drug-likeness (QED) is 0.815. The molecule has 2 N–H and O–H groups in total. The number of nitrogens with zero attached hydrogens (tertiary/aromatic N) is 1. The Kier molecular flexibility index (Phi) is 4.71. The second-order valence-electron chi connectivity index (χ2n) is 8.78. The van der Waals surface area contributed by atoms with Gasteiger partial charge in [-0.1, -0.05) is 0 Å². The van der Waals surface area contributed by atoms with Gasteiger partial charge in [-0.2, -0.15) is 0 Å². The number of carbonyl (C=O) groups excluding carboxylic acids is 2. The molecular weight excluding hydrogens is 376 g/mol. The summed E-state index contributed by atoms with van der Waals surface area (Å²) in [6, 6.07) is 3.25. The monoisotopic (exact) mass is 401 g/mol. The highest BCUT2D eigenvalue weighted by Crippen LogP contribution is 2.37. The van der Waals surface area contributed by atoms with Crippen LogP contribution in [0.4, 0.5) is 14.5 Å². The second kappa shape index (κ2) is 6.97. The van der Waals surface area contributed by atoms with Gasteiger partial charge >= 0.3 is 0 Å². The van der Waals surface area contributed by atoms with E-state index in [1.807, 2.05) is 13.8 Å². The third-order valence-electron chi connectivity index (χ3n) is 5.87. The molecule has 1 fully saturated rings. The number of aromatic nitrogens is 1. The van der Waals surface area contributed by atoms with Crippen molar-refractivity contribution in [2.24, 2.45) is 13.0 Å². The van der Waals surface area contributed by atoms with E-state index in [1.165, 1.54) is 6.07 Å². The summed E-state index contributed by atoms with van der Waals surface area (Å²) in [5, 5.41) is 5.73. The Morgan fingerprint density at radius 3 is 2.66 bits per heavy atom. The van der Waals surface area contributed by atoms with E-state index < -0.39 is 17.5 Å². The van der Waals surface area contributed by atoms with Crippen molar-refractivity contribution in [2.75, 3.05) is 5.32 Å². The van der Waals surface area contributed by atoms with E-state index in [4.69, 9.17) is 0 Å². The first-order valence-corrected chi connectivity index (χ1v) is 9.95. The van der Waals surface area contributed by atoms with Gasteiger partial charge in [0.1, 0.15) is 5.69 Å². The van der Waals surface area contributed by atoms with Crippen molar-refractivity contribution in [3.05, 3.63) is 52.3 Å². The number of amides is 2. The summed E-state index contributed by atoms with van der Waals surface area (Å²) >= 11 is 0. The summed E-state index contributed by atoms with van der Waals surface area (Å²) in [5.74, 6) is -2.03. The Hall–Kier alpha value is -2.70. The first-order chi connectivity index (χ1) is 13.7. The highest BCUT2D eigenvalue weighted by atomic mass is 19.2. The number of carbonyl (C=O) groups is 2. The van der Waals surface area contributed by atoms with Crippen molar-refractivity contribution in [1.29, 1.82) is 0 Å². The lowest BCUT2D eigenvalue weighted by Gasteiger charge is -2.24. The number of anilines is 1. The lowest BCUT2D eigenvalue weighted by Crippen LogP contribution is -2.42. The van der Waals surface area contributed by atoms with Crippen LogP contribution in [0.15, 0.2) is 18.2 Å². The molecule has 29 heavy (non-hydrogen) atoms. The Balaban J connectivity index is 1.75. The van der Waals surface area contributed by atoms with Gasteiger partial charge in [0.2, 0.25) is 0 Å². The van der Waals surface area contributed by atoms with Crippen LogP contribution in [0.2, 0.25) is 0 Å². The molecule has 154 valence electrons. The molecule has 2 heterocycles.